The molecular formula is C21H20O3. The topological polar surface area (TPSA) is 43.4 Å². The molecule has 0 heterocycles. The molecule has 0 radical (unpaired) electrons. The third-order valence-corrected chi connectivity index (χ3v) is 4.93. The van der Waals surface area contributed by atoms with Crippen molar-refractivity contribution in [2.75, 3.05) is 7.11 Å². The van der Waals surface area contributed by atoms with Crippen LogP contribution in [0.4, 0.5) is 0 Å². The van der Waals surface area contributed by atoms with Crippen molar-refractivity contribution >= 4 is 11.8 Å². The van der Waals surface area contributed by atoms with Gasteiger partial charge in [0.1, 0.15) is 5.41 Å². The molecule has 0 spiro atoms. The summed E-state index contributed by atoms with van der Waals surface area (Å²) >= 11 is 0. The number of esters is 1. The number of ketones is 1. The van der Waals surface area contributed by atoms with Gasteiger partial charge in [0.15, 0.2) is 5.78 Å². The van der Waals surface area contributed by atoms with E-state index < -0.39 is 17.3 Å². The van der Waals surface area contributed by atoms with E-state index in [1.54, 1.807) is 12.1 Å². The minimum absolute atomic E-state index is 0.176. The molecule has 3 rings (SSSR count). The van der Waals surface area contributed by atoms with Crippen molar-refractivity contribution in [3.8, 4) is 0 Å². The molecule has 0 aliphatic heterocycles. The van der Waals surface area contributed by atoms with Gasteiger partial charge in [0.2, 0.25) is 0 Å². The zero-order valence-electron chi connectivity index (χ0n) is 13.7. The Labute approximate surface area is 142 Å². The molecule has 0 N–H and O–H groups in total. The fourth-order valence-corrected chi connectivity index (χ4v) is 3.73. The van der Waals surface area contributed by atoms with E-state index in [0.29, 0.717) is 18.4 Å². The third-order valence-electron chi connectivity index (χ3n) is 4.93. The standard InChI is InChI=1S/C21H20O3/c1-3-18(16-10-5-4-6-11-16)21(20(23)24-2)14-13-15-9-7-8-12-17(15)19(21)22/h3-12,18H,1,13-14H2,2H3/t18-,21+/m0/s1. The number of ether oxygens (including phenoxy) is 1. The molecule has 1 aliphatic rings. The zero-order chi connectivity index (χ0) is 17.2. The Kier molecular flexibility index (Phi) is 4.34. The Morgan fingerprint density at radius 3 is 2.50 bits per heavy atom. The summed E-state index contributed by atoms with van der Waals surface area (Å²) in [5, 5.41) is 0. The van der Waals surface area contributed by atoms with Crippen LogP contribution in [0, 0.1) is 5.41 Å². The normalized spacial score (nSPS) is 20.8. The zero-order valence-corrected chi connectivity index (χ0v) is 13.7. The summed E-state index contributed by atoms with van der Waals surface area (Å²) in [5.74, 6) is -1.09. The van der Waals surface area contributed by atoms with Crippen molar-refractivity contribution in [1.29, 1.82) is 0 Å². The van der Waals surface area contributed by atoms with E-state index in [1.165, 1.54) is 7.11 Å². The smallest absolute Gasteiger partial charge is 0.320 e. The van der Waals surface area contributed by atoms with Crippen LogP contribution < -0.4 is 0 Å². The predicted octanol–water partition coefficient (Wildman–Crippen LogP) is 3.94. The van der Waals surface area contributed by atoms with E-state index in [-0.39, 0.29) is 5.78 Å². The quantitative estimate of drug-likeness (QED) is 0.487. The molecule has 0 unspecified atom stereocenters. The molecule has 0 fully saturated rings. The molecule has 0 saturated heterocycles. The number of allylic oxidation sites excluding steroid dienone is 1. The highest BCUT2D eigenvalue weighted by Gasteiger charge is 2.54. The molecule has 122 valence electrons. The molecule has 3 nitrogen and oxygen atoms in total. The highest BCUT2D eigenvalue weighted by molar-refractivity contribution is 6.15. The van der Waals surface area contributed by atoms with E-state index >= 15 is 0 Å². The van der Waals surface area contributed by atoms with Gasteiger partial charge in [-0.25, -0.2) is 0 Å². The van der Waals surface area contributed by atoms with Gasteiger partial charge in [-0.15, -0.1) is 6.58 Å². The molecule has 0 amide bonds. The van der Waals surface area contributed by atoms with Crippen LogP contribution in [0.3, 0.4) is 0 Å². The predicted molar refractivity (Wildman–Crippen MR) is 92.9 cm³/mol. The lowest BCUT2D eigenvalue weighted by molar-refractivity contribution is -0.151. The fourth-order valence-electron chi connectivity index (χ4n) is 3.73. The molecule has 2 aromatic rings. The van der Waals surface area contributed by atoms with Crippen molar-refractivity contribution in [2.24, 2.45) is 5.41 Å². The summed E-state index contributed by atoms with van der Waals surface area (Å²) in [6.07, 6.45) is 2.77. The lowest BCUT2D eigenvalue weighted by Gasteiger charge is -2.39. The number of hydrogen-bond donors (Lipinski definition) is 0. The van der Waals surface area contributed by atoms with Crippen LogP contribution in [-0.4, -0.2) is 18.9 Å². The van der Waals surface area contributed by atoms with Crippen LogP contribution >= 0.6 is 0 Å². The van der Waals surface area contributed by atoms with E-state index in [0.717, 1.165) is 11.1 Å². The highest BCUT2D eigenvalue weighted by Crippen LogP contribution is 2.47. The molecular weight excluding hydrogens is 300 g/mol. The molecule has 0 saturated carbocycles. The SMILES string of the molecule is C=C[C@@H](c1ccccc1)[C@]1(C(=O)OC)CCc2ccccc2C1=O. The largest absolute Gasteiger partial charge is 0.468 e. The summed E-state index contributed by atoms with van der Waals surface area (Å²) in [4.78, 5) is 26.2. The van der Waals surface area contributed by atoms with Gasteiger partial charge < -0.3 is 4.74 Å². The number of carbonyl (C=O) groups excluding carboxylic acids is 2. The number of fused-ring (bicyclic) bond motifs is 1. The van der Waals surface area contributed by atoms with Crippen molar-refractivity contribution in [2.45, 2.75) is 18.8 Å². The van der Waals surface area contributed by atoms with Crippen molar-refractivity contribution in [3.63, 3.8) is 0 Å². The van der Waals surface area contributed by atoms with Gasteiger partial charge in [-0.3, -0.25) is 9.59 Å². The van der Waals surface area contributed by atoms with E-state index in [4.69, 9.17) is 4.74 Å². The Morgan fingerprint density at radius 2 is 1.83 bits per heavy atom. The van der Waals surface area contributed by atoms with Gasteiger partial charge >= 0.3 is 5.97 Å². The Morgan fingerprint density at radius 1 is 1.17 bits per heavy atom. The maximum absolute atomic E-state index is 13.4. The number of benzene rings is 2. The second kappa shape index (κ2) is 6.44. The lowest BCUT2D eigenvalue weighted by Crippen LogP contribution is -2.47. The average molecular weight is 320 g/mol. The molecule has 2 atom stereocenters. The molecule has 0 bridgehead atoms. The van der Waals surface area contributed by atoms with Gasteiger partial charge in [-0.05, 0) is 24.0 Å². The van der Waals surface area contributed by atoms with Gasteiger partial charge in [0.05, 0.1) is 7.11 Å². The molecule has 2 aromatic carbocycles. The number of carbonyl (C=O) groups is 2. The van der Waals surface area contributed by atoms with E-state index in [1.807, 2.05) is 48.5 Å². The number of aryl methyl sites for hydroxylation is 1. The summed E-state index contributed by atoms with van der Waals surface area (Å²) in [7, 11) is 1.34. The maximum Gasteiger partial charge on any atom is 0.320 e. The number of hydrogen-bond acceptors (Lipinski definition) is 3. The Hall–Kier alpha value is -2.68. The molecule has 24 heavy (non-hydrogen) atoms. The van der Waals surface area contributed by atoms with Crippen molar-refractivity contribution < 1.29 is 14.3 Å². The van der Waals surface area contributed by atoms with E-state index in [2.05, 4.69) is 6.58 Å². The van der Waals surface area contributed by atoms with E-state index in [9.17, 15) is 9.59 Å². The average Bonchev–Trinajstić information content (AvgIpc) is 2.64. The third kappa shape index (κ3) is 2.37. The van der Waals surface area contributed by atoms with Gasteiger partial charge in [0.25, 0.3) is 0 Å². The van der Waals surface area contributed by atoms with Gasteiger partial charge in [0, 0.05) is 11.5 Å². The van der Waals surface area contributed by atoms with Crippen LogP contribution in [0.25, 0.3) is 0 Å². The second-order valence-corrected chi connectivity index (χ2v) is 6.07. The first-order chi connectivity index (χ1) is 11.6. The number of rotatable bonds is 4. The minimum Gasteiger partial charge on any atom is -0.468 e. The molecule has 3 heteroatoms. The second-order valence-electron chi connectivity index (χ2n) is 6.07. The summed E-state index contributed by atoms with van der Waals surface area (Å²) in [5.41, 5.74) is 1.23. The van der Waals surface area contributed by atoms with Crippen LogP contribution in [0.5, 0.6) is 0 Å². The van der Waals surface area contributed by atoms with Crippen LogP contribution in [0.15, 0.2) is 67.3 Å². The monoisotopic (exact) mass is 320 g/mol. The van der Waals surface area contributed by atoms with Crippen molar-refractivity contribution in [3.05, 3.63) is 83.9 Å². The van der Waals surface area contributed by atoms with Gasteiger partial charge in [-0.1, -0.05) is 60.7 Å². The lowest BCUT2D eigenvalue weighted by atomic mass is 9.61. The van der Waals surface area contributed by atoms with Crippen LogP contribution in [-0.2, 0) is 16.0 Å². The first-order valence-corrected chi connectivity index (χ1v) is 8.03. The maximum atomic E-state index is 13.4. The number of methoxy groups -OCH3 is 1. The first kappa shape index (κ1) is 16.2. The fraction of sp³-hybridized carbons (Fsp3) is 0.238. The summed E-state index contributed by atoms with van der Waals surface area (Å²) < 4.78 is 5.08. The Balaban J connectivity index is 2.18. The summed E-state index contributed by atoms with van der Waals surface area (Å²) in [6.45, 7) is 3.90. The van der Waals surface area contributed by atoms with Crippen LogP contribution in [0.2, 0.25) is 0 Å². The highest BCUT2D eigenvalue weighted by atomic mass is 16.5. The Bertz CT molecular complexity index is 779. The molecule has 1 aliphatic carbocycles. The summed E-state index contributed by atoms with van der Waals surface area (Å²) in [6, 6.07) is 17.0. The molecule has 0 aromatic heterocycles. The van der Waals surface area contributed by atoms with Gasteiger partial charge in [-0.2, -0.15) is 0 Å². The van der Waals surface area contributed by atoms with Crippen LogP contribution in [0.1, 0.15) is 33.8 Å². The number of Topliss-reactive ketones (excluding diaryl/α,β-unsaturated/α-hetero) is 1. The minimum atomic E-state index is -1.26. The first-order valence-electron chi connectivity index (χ1n) is 8.03. The van der Waals surface area contributed by atoms with Crippen molar-refractivity contribution in [1.82, 2.24) is 0 Å².